The van der Waals surface area contributed by atoms with Gasteiger partial charge in [0, 0.05) is 42.1 Å². The molecule has 4 rings (SSSR count). The molecule has 132 valence electrons. The average Bonchev–Trinajstić information content (AvgIpc) is 3.24. The van der Waals surface area contributed by atoms with Gasteiger partial charge in [-0.2, -0.15) is 13.1 Å². The lowest BCUT2D eigenvalue weighted by molar-refractivity contribution is 0.182. The number of hydrogen-bond acceptors (Lipinski definition) is 7. The van der Waals surface area contributed by atoms with E-state index in [1.165, 1.54) is 4.88 Å². The number of piperazine rings is 1. The first-order valence-corrected chi connectivity index (χ1v) is 11.6. The number of fused-ring (bicyclic) bond motifs is 1. The van der Waals surface area contributed by atoms with E-state index in [0.29, 0.717) is 24.1 Å². The highest BCUT2D eigenvalue weighted by Crippen LogP contribution is 2.27. The van der Waals surface area contributed by atoms with Gasteiger partial charge < -0.3 is 0 Å². The molecule has 0 saturated carbocycles. The molecule has 2 aromatic heterocycles. The number of nitrogens with zero attached hydrogens (tertiary/aromatic N) is 4. The monoisotopic (exact) mass is 458 g/mol. The van der Waals surface area contributed by atoms with Gasteiger partial charge in [0.2, 0.25) is 10.0 Å². The summed E-state index contributed by atoms with van der Waals surface area (Å²) >= 11 is 6.31. The molecule has 1 aliphatic rings. The van der Waals surface area contributed by atoms with Crippen LogP contribution < -0.4 is 0 Å². The van der Waals surface area contributed by atoms with Crippen molar-refractivity contribution >= 4 is 60.1 Å². The summed E-state index contributed by atoms with van der Waals surface area (Å²) in [6.07, 6.45) is 0. The molecule has 1 fully saturated rings. The van der Waals surface area contributed by atoms with Crippen LogP contribution in [-0.2, 0) is 16.6 Å². The maximum Gasteiger partial charge on any atom is 0.245 e. The third-order valence-electron chi connectivity index (χ3n) is 4.26. The van der Waals surface area contributed by atoms with Crippen LogP contribution in [0.3, 0.4) is 0 Å². The van der Waals surface area contributed by atoms with E-state index in [4.69, 9.17) is 0 Å². The lowest BCUT2D eigenvalue weighted by atomic mass is 10.3. The Balaban J connectivity index is 1.50. The summed E-state index contributed by atoms with van der Waals surface area (Å²) < 4.78 is 37.0. The smallest absolute Gasteiger partial charge is 0.245 e. The Morgan fingerprint density at radius 3 is 2.64 bits per heavy atom. The molecule has 0 unspecified atom stereocenters. The van der Waals surface area contributed by atoms with E-state index < -0.39 is 10.0 Å². The van der Waals surface area contributed by atoms with Gasteiger partial charge in [-0.05, 0) is 39.5 Å². The van der Waals surface area contributed by atoms with Crippen molar-refractivity contribution in [3.05, 3.63) is 39.0 Å². The fraction of sp³-hybridized carbons (Fsp3) is 0.333. The molecule has 0 atom stereocenters. The second-order valence-electron chi connectivity index (χ2n) is 5.76. The van der Waals surface area contributed by atoms with Crippen LogP contribution in [0.5, 0.6) is 0 Å². The van der Waals surface area contributed by atoms with Crippen LogP contribution >= 0.6 is 39.0 Å². The van der Waals surface area contributed by atoms with Crippen molar-refractivity contribution in [1.82, 2.24) is 18.0 Å². The zero-order chi connectivity index (χ0) is 17.4. The van der Waals surface area contributed by atoms with Gasteiger partial charge in [-0.15, -0.1) is 11.3 Å². The number of benzene rings is 1. The van der Waals surface area contributed by atoms with Crippen LogP contribution in [0, 0.1) is 0 Å². The first kappa shape index (κ1) is 17.5. The highest BCUT2D eigenvalue weighted by Gasteiger charge is 2.30. The van der Waals surface area contributed by atoms with E-state index in [9.17, 15) is 8.42 Å². The van der Waals surface area contributed by atoms with Crippen molar-refractivity contribution in [3.63, 3.8) is 0 Å². The number of aromatic nitrogens is 2. The summed E-state index contributed by atoms with van der Waals surface area (Å²) in [5.41, 5.74) is 1.10. The third-order valence-corrected chi connectivity index (χ3v) is 8.64. The predicted octanol–water partition coefficient (Wildman–Crippen LogP) is 3.02. The Hall–Kier alpha value is -0.910. The molecule has 10 heteroatoms. The van der Waals surface area contributed by atoms with Crippen molar-refractivity contribution in [3.8, 4) is 0 Å². The highest BCUT2D eigenvalue weighted by atomic mass is 79.9. The molecule has 1 aromatic carbocycles. The number of thiophene rings is 1. The number of hydrogen-bond donors (Lipinski definition) is 0. The van der Waals surface area contributed by atoms with Crippen LogP contribution in [0.25, 0.3) is 11.0 Å². The van der Waals surface area contributed by atoms with E-state index in [1.54, 1.807) is 33.8 Å². The van der Waals surface area contributed by atoms with Crippen molar-refractivity contribution in [1.29, 1.82) is 0 Å². The van der Waals surface area contributed by atoms with Crippen LogP contribution in [0.2, 0.25) is 0 Å². The van der Waals surface area contributed by atoms with Crippen LogP contribution in [0.4, 0.5) is 0 Å². The maximum atomic E-state index is 13.0. The minimum atomic E-state index is -3.55. The quantitative estimate of drug-likeness (QED) is 0.600. The van der Waals surface area contributed by atoms with Gasteiger partial charge >= 0.3 is 0 Å². The molecular formula is C15H15BrN4O2S3. The molecule has 0 radical (unpaired) electrons. The molecule has 25 heavy (non-hydrogen) atoms. The van der Waals surface area contributed by atoms with Crippen molar-refractivity contribution in [2.24, 2.45) is 0 Å². The third kappa shape index (κ3) is 3.38. The van der Waals surface area contributed by atoms with E-state index in [2.05, 4.69) is 35.0 Å². The molecule has 1 saturated heterocycles. The zero-order valence-electron chi connectivity index (χ0n) is 13.1. The van der Waals surface area contributed by atoms with E-state index >= 15 is 0 Å². The molecule has 0 N–H and O–H groups in total. The fourth-order valence-corrected chi connectivity index (χ4v) is 6.59. The first-order chi connectivity index (χ1) is 12.1. The normalized spacial score (nSPS) is 17.3. The van der Waals surface area contributed by atoms with Gasteiger partial charge in [0.1, 0.15) is 15.9 Å². The first-order valence-electron chi connectivity index (χ1n) is 7.71. The number of sulfonamides is 1. The van der Waals surface area contributed by atoms with Gasteiger partial charge in [-0.3, -0.25) is 4.90 Å². The summed E-state index contributed by atoms with van der Waals surface area (Å²) in [6.45, 7) is 3.25. The van der Waals surface area contributed by atoms with Gasteiger partial charge in [0.05, 0.1) is 11.7 Å². The van der Waals surface area contributed by atoms with Crippen molar-refractivity contribution < 1.29 is 8.42 Å². The van der Waals surface area contributed by atoms with Gasteiger partial charge in [0.25, 0.3) is 0 Å². The molecule has 0 bridgehead atoms. The molecule has 0 amide bonds. The molecule has 0 spiro atoms. The molecule has 3 aromatic rings. The topological polar surface area (TPSA) is 66.4 Å². The molecule has 0 aliphatic carbocycles. The standard InChI is InChI=1S/C15H15BrN4O2S3/c16-11-4-9-23-13(11)10-19-5-7-20(8-6-19)25(21,22)14-3-1-2-12-15(14)18-24-17-12/h1-4,9H,5-8,10H2. The Morgan fingerprint density at radius 2 is 1.92 bits per heavy atom. The second kappa shape index (κ2) is 7.01. The van der Waals surface area contributed by atoms with E-state index in [0.717, 1.165) is 35.8 Å². The molecule has 3 heterocycles. The van der Waals surface area contributed by atoms with E-state index in [1.807, 2.05) is 6.07 Å². The fourth-order valence-electron chi connectivity index (χ4n) is 2.90. The summed E-state index contributed by atoms with van der Waals surface area (Å²) in [7, 11) is -3.55. The summed E-state index contributed by atoms with van der Waals surface area (Å²) in [5, 5.41) is 2.06. The van der Waals surface area contributed by atoms with Gasteiger partial charge in [-0.1, -0.05) is 6.07 Å². The molecular weight excluding hydrogens is 444 g/mol. The SMILES string of the molecule is O=S(=O)(c1cccc2nsnc12)N1CCN(Cc2sccc2Br)CC1. The largest absolute Gasteiger partial charge is 0.296 e. The lowest BCUT2D eigenvalue weighted by Gasteiger charge is -2.33. The number of halogens is 1. The van der Waals surface area contributed by atoms with Gasteiger partial charge in [-0.25, -0.2) is 8.42 Å². The minimum Gasteiger partial charge on any atom is -0.296 e. The lowest BCUT2D eigenvalue weighted by Crippen LogP contribution is -2.48. The Bertz CT molecular complexity index is 993. The van der Waals surface area contributed by atoms with Gasteiger partial charge in [0.15, 0.2) is 0 Å². The Labute approximate surface area is 162 Å². The summed E-state index contributed by atoms with van der Waals surface area (Å²) in [4.78, 5) is 3.82. The van der Waals surface area contributed by atoms with Crippen LogP contribution in [0.15, 0.2) is 39.0 Å². The highest BCUT2D eigenvalue weighted by molar-refractivity contribution is 9.10. The summed E-state index contributed by atoms with van der Waals surface area (Å²) in [6, 6.07) is 7.17. The minimum absolute atomic E-state index is 0.258. The predicted molar refractivity (Wildman–Crippen MR) is 103 cm³/mol. The van der Waals surface area contributed by atoms with Crippen molar-refractivity contribution in [2.45, 2.75) is 11.4 Å². The van der Waals surface area contributed by atoms with Crippen molar-refractivity contribution in [2.75, 3.05) is 26.2 Å². The Morgan fingerprint density at radius 1 is 1.12 bits per heavy atom. The molecule has 1 aliphatic heterocycles. The number of rotatable bonds is 4. The van der Waals surface area contributed by atoms with Crippen LogP contribution in [-0.4, -0.2) is 52.5 Å². The van der Waals surface area contributed by atoms with E-state index in [-0.39, 0.29) is 4.90 Å². The zero-order valence-corrected chi connectivity index (χ0v) is 17.2. The average molecular weight is 459 g/mol. The summed E-state index contributed by atoms with van der Waals surface area (Å²) in [5.74, 6) is 0. The maximum absolute atomic E-state index is 13.0. The molecule has 6 nitrogen and oxygen atoms in total. The Kier molecular flexibility index (Phi) is 4.91. The second-order valence-corrected chi connectivity index (χ2v) is 10.0. The van der Waals surface area contributed by atoms with Crippen LogP contribution in [0.1, 0.15) is 4.88 Å².